The highest BCUT2D eigenvalue weighted by atomic mass is 32.2. The van der Waals surface area contributed by atoms with Gasteiger partial charge in [0.05, 0.1) is 0 Å². The van der Waals surface area contributed by atoms with Gasteiger partial charge in [0.2, 0.25) is 0 Å². The average molecular weight is 479 g/mol. The molecular weight excluding hydrogens is 428 g/mol. The molecule has 3 atom stereocenters. The molecule has 0 aromatic carbocycles. The number of anilines is 1. The van der Waals surface area contributed by atoms with Crippen LogP contribution in [-0.2, 0) is 4.79 Å². The quantitative estimate of drug-likeness (QED) is 0.138. The smallest absolute Gasteiger partial charge is 0.327 e. The van der Waals surface area contributed by atoms with Crippen LogP contribution in [0.5, 0.6) is 0 Å². The fourth-order valence-corrected chi connectivity index (χ4v) is 5.14. The van der Waals surface area contributed by atoms with Crippen molar-refractivity contribution in [3.05, 3.63) is 29.5 Å². The lowest BCUT2D eigenvalue weighted by Gasteiger charge is -2.15. The summed E-state index contributed by atoms with van der Waals surface area (Å²) in [6.07, 6.45) is 16.1. The molecule has 190 valence electrons. The first-order chi connectivity index (χ1) is 15.7. The summed E-state index contributed by atoms with van der Waals surface area (Å²) in [5, 5.41) is 12.5. The SMILES string of the molecule is CC(=CCSCC(Nc1cc(C)c[nH]1)C(=O)O)CCCC(C)CCCC(C)CCCC(C)C. The molecule has 1 aromatic rings. The van der Waals surface area contributed by atoms with Crippen LogP contribution in [0.15, 0.2) is 23.9 Å². The molecule has 0 saturated carbocycles. The number of carboxylic acid groups (broad SMARTS) is 1. The van der Waals surface area contributed by atoms with Gasteiger partial charge in [-0.05, 0) is 56.1 Å². The summed E-state index contributed by atoms with van der Waals surface area (Å²) in [4.78, 5) is 14.6. The molecule has 0 amide bonds. The maximum Gasteiger partial charge on any atom is 0.327 e. The van der Waals surface area contributed by atoms with Crippen LogP contribution in [0, 0.1) is 24.7 Å². The Morgan fingerprint density at radius 2 is 1.67 bits per heavy atom. The number of rotatable bonds is 19. The fraction of sp³-hybridized carbons (Fsp3) is 0.750. The number of H-pyrrole nitrogens is 1. The van der Waals surface area contributed by atoms with Crippen molar-refractivity contribution in [2.24, 2.45) is 17.8 Å². The molecule has 5 heteroatoms. The molecule has 1 rings (SSSR count). The van der Waals surface area contributed by atoms with Crippen molar-refractivity contribution in [1.82, 2.24) is 4.98 Å². The zero-order valence-corrected chi connectivity index (χ0v) is 22.9. The number of allylic oxidation sites excluding steroid dienone is 1. The molecule has 3 unspecified atom stereocenters. The van der Waals surface area contributed by atoms with Crippen molar-refractivity contribution in [3.8, 4) is 0 Å². The van der Waals surface area contributed by atoms with E-state index in [2.05, 4.69) is 51.0 Å². The highest BCUT2D eigenvalue weighted by molar-refractivity contribution is 7.99. The summed E-state index contributed by atoms with van der Waals surface area (Å²) < 4.78 is 0. The number of hydrogen-bond acceptors (Lipinski definition) is 3. The third kappa shape index (κ3) is 15.2. The standard InChI is InChI=1S/C28H50N2O2S/c1-21(2)10-7-11-22(3)12-8-13-23(4)14-9-15-24(5)16-17-33-20-26(28(31)32)30-27-18-25(6)19-29-27/h16,18-19,21-23,26,29-30H,7-15,17,20H2,1-6H3,(H,31,32). The Hall–Kier alpha value is -1.36. The van der Waals surface area contributed by atoms with E-state index < -0.39 is 12.0 Å². The number of carboxylic acids is 1. The van der Waals surface area contributed by atoms with E-state index in [1.165, 1.54) is 56.9 Å². The van der Waals surface area contributed by atoms with Gasteiger partial charge in [-0.25, -0.2) is 4.79 Å². The van der Waals surface area contributed by atoms with Gasteiger partial charge >= 0.3 is 5.97 Å². The summed E-state index contributed by atoms with van der Waals surface area (Å²) in [5.74, 6) is 3.90. The van der Waals surface area contributed by atoms with E-state index in [4.69, 9.17) is 0 Å². The molecular formula is C28H50N2O2S. The first-order valence-corrected chi connectivity index (χ1v) is 14.2. The second-order valence-corrected chi connectivity index (χ2v) is 11.6. The lowest BCUT2D eigenvalue weighted by atomic mass is 9.91. The lowest BCUT2D eigenvalue weighted by molar-refractivity contribution is -0.137. The number of nitrogens with one attached hydrogen (secondary N) is 2. The molecule has 0 aliphatic carbocycles. The Kier molecular flexibility index (Phi) is 15.4. The monoisotopic (exact) mass is 478 g/mol. The minimum Gasteiger partial charge on any atom is -0.480 e. The zero-order valence-electron chi connectivity index (χ0n) is 22.1. The predicted octanol–water partition coefficient (Wildman–Crippen LogP) is 8.31. The van der Waals surface area contributed by atoms with Crippen LogP contribution in [0.1, 0.15) is 98.0 Å². The van der Waals surface area contributed by atoms with Gasteiger partial charge in [-0.2, -0.15) is 11.8 Å². The largest absolute Gasteiger partial charge is 0.480 e. The first-order valence-electron chi connectivity index (χ1n) is 13.0. The second-order valence-electron chi connectivity index (χ2n) is 10.6. The summed E-state index contributed by atoms with van der Waals surface area (Å²) >= 11 is 1.67. The van der Waals surface area contributed by atoms with Crippen molar-refractivity contribution in [1.29, 1.82) is 0 Å². The van der Waals surface area contributed by atoms with Crippen molar-refractivity contribution in [2.75, 3.05) is 16.8 Å². The Bertz CT molecular complexity index is 683. The van der Waals surface area contributed by atoms with Gasteiger partial charge in [0, 0.05) is 17.7 Å². The maximum atomic E-state index is 11.5. The van der Waals surface area contributed by atoms with Crippen LogP contribution in [-0.4, -0.2) is 33.6 Å². The van der Waals surface area contributed by atoms with Gasteiger partial charge < -0.3 is 15.4 Å². The molecule has 1 aromatic heterocycles. The van der Waals surface area contributed by atoms with Gasteiger partial charge in [0.15, 0.2) is 0 Å². The highest BCUT2D eigenvalue weighted by Gasteiger charge is 2.17. The average Bonchev–Trinajstić information content (AvgIpc) is 3.14. The molecule has 0 aliphatic rings. The topological polar surface area (TPSA) is 65.1 Å². The zero-order chi connectivity index (χ0) is 24.6. The summed E-state index contributed by atoms with van der Waals surface area (Å²) in [6.45, 7) is 13.7. The van der Waals surface area contributed by atoms with Crippen LogP contribution < -0.4 is 5.32 Å². The predicted molar refractivity (Wildman–Crippen MR) is 146 cm³/mol. The van der Waals surface area contributed by atoms with Crippen LogP contribution in [0.25, 0.3) is 0 Å². The Labute approximate surface area is 207 Å². The molecule has 0 spiro atoms. The van der Waals surface area contributed by atoms with Crippen LogP contribution in [0.3, 0.4) is 0 Å². The number of thioether (sulfide) groups is 1. The second kappa shape index (κ2) is 17.1. The summed E-state index contributed by atoms with van der Waals surface area (Å²) in [5.41, 5.74) is 2.52. The number of hydrogen-bond donors (Lipinski definition) is 3. The van der Waals surface area contributed by atoms with E-state index in [1.807, 2.05) is 19.2 Å². The van der Waals surface area contributed by atoms with Crippen molar-refractivity contribution in [2.45, 2.75) is 105 Å². The number of aromatic nitrogens is 1. The van der Waals surface area contributed by atoms with Crippen LogP contribution in [0.4, 0.5) is 5.82 Å². The van der Waals surface area contributed by atoms with Gasteiger partial charge in [-0.1, -0.05) is 84.3 Å². The van der Waals surface area contributed by atoms with Gasteiger partial charge in [-0.15, -0.1) is 0 Å². The van der Waals surface area contributed by atoms with E-state index >= 15 is 0 Å². The summed E-state index contributed by atoms with van der Waals surface area (Å²) in [6, 6.07) is 1.35. The van der Waals surface area contributed by atoms with E-state index in [1.54, 1.807) is 11.8 Å². The van der Waals surface area contributed by atoms with Gasteiger partial charge in [-0.3, -0.25) is 0 Å². The molecule has 0 saturated heterocycles. The lowest BCUT2D eigenvalue weighted by Crippen LogP contribution is -2.31. The molecule has 0 aliphatic heterocycles. The number of carbonyl (C=O) groups is 1. The molecule has 4 nitrogen and oxygen atoms in total. The van der Waals surface area contributed by atoms with Crippen LogP contribution in [0.2, 0.25) is 0 Å². The normalized spacial score (nSPS) is 14.9. The van der Waals surface area contributed by atoms with Crippen LogP contribution >= 0.6 is 11.8 Å². The van der Waals surface area contributed by atoms with Crippen molar-refractivity contribution >= 4 is 23.5 Å². The maximum absolute atomic E-state index is 11.5. The number of aromatic amines is 1. The third-order valence-electron chi connectivity index (χ3n) is 6.43. The minimum absolute atomic E-state index is 0.546. The van der Waals surface area contributed by atoms with E-state index in [9.17, 15) is 9.90 Å². The Morgan fingerprint density at radius 3 is 2.21 bits per heavy atom. The minimum atomic E-state index is -0.811. The first kappa shape index (κ1) is 29.7. The van der Waals surface area contributed by atoms with Crippen molar-refractivity contribution < 1.29 is 9.90 Å². The van der Waals surface area contributed by atoms with E-state index in [0.29, 0.717) is 5.75 Å². The molecule has 0 bridgehead atoms. The molecule has 1 heterocycles. The van der Waals surface area contributed by atoms with Gasteiger partial charge in [0.1, 0.15) is 11.9 Å². The Balaban J connectivity index is 2.13. The fourth-order valence-electron chi connectivity index (χ4n) is 4.14. The Morgan fingerprint density at radius 1 is 1.06 bits per heavy atom. The van der Waals surface area contributed by atoms with E-state index in [0.717, 1.165) is 41.3 Å². The highest BCUT2D eigenvalue weighted by Crippen LogP contribution is 2.22. The number of aryl methyl sites for hydroxylation is 1. The summed E-state index contributed by atoms with van der Waals surface area (Å²) in [7, 11) is 0. The van der Waals surface area contributed by atoms with Gasteiger partial charge in [0.25, 0.3) is 0 Å². The number of aliphatic carboxylic acids is 1. The molecule has 3 N–H and O–H groups in total. The van der Waals surface area contributed by atoms with E-state index in [-0.39, 0.29) is 0 Å². The molecule has 0 radical (unpaired) electrons. The third-order valence-corrected chi connectivity index (χ3v) is 7.40. The van der Waals surface area contributed by atoms with Crippen molar-refractivity contribution in [3.63, 3.8) is 0 Å². The molecule has 33 heavy (non-hydrogen) atoms. The molecule has 0 fully saturated rings.